The Balaban J connectivity index is 1.76. The van der Waals surface area contributed by atoms with Crippen molar-refractivity contribution < 1.29 is 9.59 Å². The normalized spacial score (nSPS) is 11.1. The van der Waals surface area contributed by atoms with Crippen LogP contribution >= 0.6 is 0 Å². The highest BCUT2D eigenvalue weighted by Gasteiger charge is 2.17. The highest BCUT2D eigenvalue weighted by Crippen LogP contribution is 2.23. The van der Waals surface area contributed by atoms with Crippen molar-refractivity contribution in [3.8, 4) is 0 Å². The third-order valence-electron chi connectivity index (χ3n) is 5.01. The molecule has 3 rings (SSSR count). The molecule has 0 aromatic heterocycles. The zero-order chi connectivity index (χ0) is 21.7. The Morgan fingerprint density at radius 1 is 0.833 bits per heavy atom. The molecule has 3 aromatic rings. The maximum atomic E-state index is 13.0. The lowest BCUT2D eigenvalue weighted by molar-refractivity contribution is 0.0985. The van der Waals surface area contributed by atoms with Gasteiger partial charge in [0.25, 0.3) is 11.8 Å². The van der Waals surface area contributed by atoms with Gasteiger partial charge in [0.2, 0.25) is 0 Å². The summed E-state index contributed by atoms with van der Waals surface area (Å²) in [5.74, 6) is -0.301. The van der Waals surface area contributed by atoms with Crippen LogP contribution in [-0.2, 0) is 5.41 Å². The van der Waals surface area contributed by atoms with Crippen LogP contribution in [0.4, 0.5) is 11.4 Å². The fourth-order valence-electron chi connectivity index (χ4n) is 3.26. The van der Waals surface area contributed by atoms with Crippen LogP contribution in [0.15, 0.2) is 78.9 Å². The fourth-order valence-corrected chi connectivity index (χ4v) is 3.26. The molecule has 0 unspecified atom stereocenters. The minimum Gasteiger partial charge on any atom is -0.322 e. The molecular formula is C26H28N2O2. The second-order valence-corrected chi connectivity index (χ2v) is 8.25. The van der Waals surface area contributed by atoms with E-state index in [9.17, 15) is 9.59 Å². The molecule has 0 bridgehead atoms. The molecule has 0 heterocycles. The number of hydrogen-bond donors (Lipinski definition) is 1. The van der Waals surface area contributed by atoms with E-state index >= 15 is 0 Å². The summed E-state index contributed by atoms with van der Waals surface area (Å²) in [5.41, 5.74) is 3.76. The van der Waals surface area contributed by atoms with Crippen LogP contribution in [0.3, 0.4) is 0 Å². The summed E-state index contributed by atoms with van der Waals surface area (Å²) in [4.78, 5) is 27.4. The van der Waals surface area contributed by atoms with Crippen LogP contribution in [0, 0.1) is 0 Å². The van der Waals surface area contributed by atoms with Crippen molar-refractivity contribution >= 4 is 23.2 Å². The second-order valence-electron chi connectivity index (χ2n) is 8.25. The summed E-state index contributed by atoms with van der Waals surface area (Å²) in [5, 5.41) is 2.90. The number of anilines is 2. The number of nitrogens with one attached hydrogen (secondary N) is 1. The average Bonchev–Trinajstić information content (AvgIpc) is 2.74. The first-order valence-corrected chi connectivity index (χ1v) is 10.2. The van der Waals surface area contributed by atoms with Gasteiger partial charge in [-0.3, -0.25) is 9.59 Å². The summed E-state index contributed by atoms with van der Waals surface area (Å²) in [6, 6.07) is 24.2. The average molecular weight is 401 g/mol. The number of para-hydroxylation sites is 1. The van der Waals surface area contributed by atoms with Gasteiger partial charge in [-0.2, -0.15) is 0 Å². The van der Waals surface area contributed by atoms with Crippen LogP contribution < -0.4 is 10.2 Å². The van der Waals surface area contributed by atoms with Crippen molar-refractivity contribution in [2.24, 2.45) is 0 Å². The molecule has 4 heteroatoms. The Morgan fingerprint density at radius 3 is 2.10 bits per heavy atom. The quantitative estimate of drug-likeness (QED) is 0.579. The standard InChI is InChI=1S/C26H28N2O2/c1-5-28(23-12-7-6-8-13-23)25(30)20-10-9-11-22(18-20)27-24(29)19-14-16-21(17-15-19)26(2,3)4/h6-18H,5H2,1-4H3,(H,27,29). The van der Waals surface area contributed by atoms with E-state index in [1.807, 2.05) is 61.5 Å². The minimum atomic E-state index is -0.199. The number of nitrogens with zero attached hydrogens (tertiary/aromatic N) is 1. The lowest BCUT2D eigenvalue weighted by atomic mass is 9.87. The molecule has 154 valence electrons. The predicted octanol–water partition coefficient (Wildman–Crippen LogP) is 5.90. The first-order valence-electron chi connectivity index (χ1n) is 10.2. The number of carbonyl (C=O) groups is 2. The second kappa shape index (κ2) is 8.95. The van der Waals surface area contributed by atoms with Gasteiger partial charge in [-0.1, -0.05) is 57.2 Å². The lowest BCUT2D eigenvalue weighted by Crippen LogP contribution is -2.30. The van der Waals surface area contributed by atoms with Crippen LogP contribution in [0.5, 0.6) is 0 Å². The molecule has 0 aliphatic heterocycles. The Kier molecular flexibility index (Phi) is 6.36. The van der Waals surface area contributed by atoms with Crippen molar-refractivity contribution in [1.82, 2.24) is 0 Å². The molecule has 0 spiro atoms. The molecule has 2 amide bonds. The molecule has 0 saturated carbocycles. The van der Waals surface area contributed by atoms with Crippen LogP contribution in [0.2, 0.25) is 0 Å². The minimum absolute atomic E-state index is 0.0353. The summed E-state index contributed by atoms with van der Waals surface area (Å²) < 4.78 is 0. The third kappa shape index (κ3) is 4.95. The predicted molar refractivity (Wildman–Crippen MR) is 123 cm³/mol. The first-order chi connectivity index (χ1) is 14.3. The monoisotopic (exact) mass is 400 g/mol. The van der Waals surface area contributed by atoms with Gasteiger partial charge in [0, 0.05) is 29.0 Å². The van der Waals surface area contributed by atoms with Gasteiger partial charge in [-0.25, -0.2) is 0 Å². The number of amides is 2. The van der Waals surface area contributed by atoms with Crippen molar-refractivity contribution in [1.29, 1.82) is 0 Å². The maximum absolute atomic E-state index is 13.0. The highest BCUT2D eigenvalue weighted by atomic mass is 16.2. The highest BCUT2D eigenvalue weighted by molar-refractivity contribution is 6.08. The number of rotatable bonds is 5. The number of hydrogen-bond acceptors (Lipinski definition) is 2. The zero-order valence-electron chi connectivity index (χ0n) is 18.0. The summed E-state index contributed by atoms with van der Waals surface area (Å²) in [6.45, 7) is 8.91. The van der Waals surface area contributed by atoms with Gasteiger partial charge in [0.05, 0.1) is 0 Å². The van der Waals surface area contributed by atoms with Gasteiger partial charge in [-0.05, 0) is 60.4 Å². The molecule has 0 radical (unpaired) electrons. The van der Waals surface area contributed by atoms with E-state index in [-0.39, 0.29) is 17.2 Å². The summed E-state index contributed by atoms with van der Waals surface area (Å²) >= 11 is 0. The first kappa shape index (κ1) is 21.3. The Hall–Kier alpha value is -3.40. The number of carbonyl (C=O) groups excluding carboxylic acids is 2. The van der Waals surface area contributed by atoms with Gasteiger partial charge in [-0.15, -0.1) is 0 Å². The zero-order valence-corrected chi connectivity index (χ0v) is 18.0. The van der Waals surface area contributed by atoms with Crippen molar-refractivity contribution in [3.05, 3.63) is 95.6 Å². The van der Waals surface area contributed by atoms with E-state index in [1.54, 1.807) is 29.2 Å². The Bertz CT molecular complexity index is 1020. The summed E-state index contributed by atoms with van der Waals surface area (Å²) in [7, 11) is 0. The molecule has 30 heavy (non-hydrogen) atoms. The third-order valence-corrected chi connectivity index (χ3v) is 5.01. The topological polar surface area (TPSA) is 49.4 Å². The van der Waals surface area contributed by atoms with Crippen molar-refractivity contribution in [2.75, 3.05) is 16.8 Å². The van der Waals surface area contributed by atoms with Crippen molar-refractivity contribution in [3.63, 3.8) is 0 Å². The Morgan fingerprint density at radius 2 is 1.50 bits per heavy atom. The van der Waals surface area contributed by atoms with Gasteiger partial charge in [0.15, 0.2) is 0 Å². The van der Waals surface area contributed by atoms with Crippen LogP contribution in [-0.4, -0.2) is 18.4 Å². The molecule has 3 aromatic carbocycles. The van der Waals surface area contributed by atoms with E-state index in [2.05, 4.69) is 26.1 Å². The molecule has 0 saturated heterocycles. The molecule has 0 aliphatic carbocycles. The molecule has 0 fully saturated rings. The molecule has 4 nitrogen and oxygen atoms in total. The molecule has 0 aliphatic rings. The number of benzene rings is 3. The molecule has 0 atom stereocenters. The molecular weight excluding hydrogens is 372 g/mol. The van der Waals surface area contributed by atoms with Crippen LogP contribution in [0.1, 0.15) is 54.0 Å². The van der Waals surface area contributed by atoms with Gasteiger partial charge in [0.1, 0.15) is 0 Å². The smallest absolute Gasteiger partial charge is 0.258 e. The van der Waals surface area contributed by atoms with E-state index in [4.69, 9.17) is 0 Å². The Labute approximate surface area is 178 Å². The van der Waals surface area contributed by atoms with Crippen LogP contribution in [0.25, 0.3) is 0 Å². The van der Waals surface area contributed by atoms with E-state index in [0.717, 1.165) is 5.69 Å². The van der Waals surface area contributed by atoms with E-state index in [0.29, 0.717) is 23.4 Å². The van der Waals surface area contributed by atoms with Crippen molar-refractivity contribution in [2.45, 2.75) is 33.1 Å². The molecule has 1 N–H and O–H groups in total. The van der Waals surface area contributed by atoms with Gasteiger partial charge < -0.3 is 10.2 Å². The maximum Gasteiger partial charge on any atom is 0.258 e. The fraction of sp³-hybridized carbons (Fsp3) is 0.231. The van der Waals surface area contributed by atoms with E-state index < -0.39 is 0 Å². The SMILES string of the molecule is CCN(C(=O)c1cccc(NC(=O)c2ccc(C(C)(C)C)cc2)c1)c1ccccc1. The van der Waals surface area contributed by atoms with E-state index in [1.165, 1.54) is 5.56 Å². The van der Waals surface area contributed by atoms with Gasteiger partial charge >= 0.3 is 0 Å². The lowest BCUT2D eigenvalue weighted by Gasteiger charge is -2.21. The largest absolute Gasteiger partial charge is 0.322 e. The summed E-state index contributed by atoms with van der Waals surface area (Å²) in [6.07, 6.45) is 0.